The molecular formula is C22H25N3O5S. The van der Waals surface area contributed by atoms with Gasteiger partial charge < -0.3 is 14.8 Å². The van der Waals surface area contributed by atoms with Crippen molar-refractivity contribution in [2.75, 3.05) is 6.61 Å². The van der Waals surface area contributed by atoms with Gasteiger partial charge in [0.25, 0.3) is 5.91 Å². The number of rotatable bonds is 9. The molecule has 9 heteroatoms. The van der Waals surface area contributed by atoms with Gasteiger partial charge >= 0.3 is 5.97 Å². The van der Waals surface area contributed by atoms with Crippen molar-refractivity contribution in [2.45, 2.75) is 32.8 Å². The summed E-state index contributed by atoms with van der Waals surface area (Å²) in [6, 6.07) is 16.4. The molecule has 0 unspecified atom stereocenters. The first kappa shape index (κ1) is 23.8. The second-order valence-electron chi connectivity index (χ2n) is 6.45. The van der Waals surface area contributed by atoms with E-state index in [1.54, 1.807) is 24.3 Å². The van der Waals surface area contributed by atoms with E-state index >= 15 is 0 Å². The Morgan fingerprint density at radius 3 is 2.39 bits per heavy atom. The maximum absolute atomic E-state index is 12.5. The van der Waals surface area contributed by atoms with Crippen LogP contribution in [0.3, 0.4) is 0 Å². The minimum atomic E-state index is -0.483. The van der Waals surface area contributed by atoms with Crippen molar-refractivity contribution in [2.24, 2.45) is 0 Å². The number of hydrogen-bond acceptors (Lipinski definition) is 6. The Labute approximate surface area is 186 Å². The summed E-state index contributed by atoms with van der Waals surface area (Å²) in [6.45, 7) is 2.52. The Morgan fingerprint density at radius 2 is 1.65 bits per heavy atom. The van der Waals surface area contributed by atoms with E-state index in [9.17, 15) is 14.4 Å². The van der Waals surface area contributed by atoms with Crippen molar-refractivity contribution in [1.29, 1.82) is 0 Å². The standard InChI is InChI=1S/C22H25N3O5S/c1-2-14-29-20(27)13-12-19(26)23-22(31)25-24-21(28)17-10-6-7-11-18(17)30-15-16-8-4-3-5-9-16/h3-11H,2,12-15H2,1H3,(H,24,28)(H2,23,25,26,31). The molecule has 2 aromatic rings. The minimum absolute atomic E-state index is 0.0487. The van der Waals surface area contributed by atoms with Gasteiger partial charge in [0.05, 0.1) is 18.6 Å². The van der Waals surface area contributed by atoms with Gasteiger partial charge in [-0.05, 0) is 36.3 Å². The lowest BCUT2D eigenvalue weighted by Crippen LogP contribution is -2.48. The highest BCUT2D eigenvalue weighted by Crippen LogP contribution is 2.19. The van der Waals surface area contributed by atoms with Crippen molar-refractivity contribution in [3.63, 3.8) is 0 Å². The van der Waals surface area contributed by atoms with Crippen LogP contribution in [0.25, 0.3) is 0 Å². The molecule has 0 aliphatic carbocycles. The van der Waals surface area contributed by atoms with Gasteiger partial charge in [0, 0.05) is 6.42 Å². The minimum Gasteiger partial charge on any atom is -0.488 e. The summed E-state index contributed by atoms with van der Waals surface area (Å²) < 4.78 is 10.7. The lowest BCUT2D eigenvalue weighted by Gasteiger charge is -2.13. The van der Waals surface area contributed by atoms with Gasteiger partial charge in [-0.1, -0.05) is 49.4 Å². The number of carbonyl (C=O) groups excluding carboxylic acids is 3. The van der Waals surface area contributed by atoms with Gasteiger partial charge in [0.1, 0.15) is 12.4 Å². The summed E-state index contributed by atoms with van der Waals surface area (Å²) in [6.07, 6.45) is 0.591. The molecule has 0 bridgehead atoms. The van der Waals surface area contributed by atoms with Gasteiger partial charge in [0.15, 0.2) is 5.11 Å². The van der Waals surface area contributed by atoms with Crippen LogP contribution in [0.2, 0.25) is 0 Å². The molecule has 0 fully saturated rings. The quantitative estimate of drug-likeness (QED) is 0.311. The number of esters is 1. The van der Waals surface area contributed by atoms with Gasteiger partial charge in [-0.25, -0.2) is 0 Å². The molecule has 8 nitrogen and oxygen atoms in total. The van der Waals surface area contributed by atoms with E-state index in [0.717, 1.165) is 5.56 Å². The maximum atomic E-state index is 12.5. The topological polar surface area (TPSA) is 106 Å². The SMILES string of the molecule is CCCOC(=O)CCC(=O)NC(=S)NNC(=O)c1ccccc1OCc1ccccc1. The second kappa shape index (κ2) is 13.0. The van der Waals surface area contributed by atoms with Crippen LogP contribution in [0, 0.1) is 0 Å². The molecule has 2 rings (SSSR count). The summed E-state index contributed by atoms with van der Waals surface area (Å²) in [7, 11) is 0. The molecule has 0 radical (unpaired) electrons. The normalized spacial score (nSPS) is 9.97. The third kappa shape index (κ3) is 8.83. The first-order chi connectivity index (χ1) is 15.0. The average Bonchev–Trinajstić information content (AvgIpc) is 2.79. The van der Waals surface area contributed by atoms with Crippen LogP contribution in [0.15, 0.2) is 54.6 Å². The van der Waals surface area contributed by atoms with Crippen LogP contribution in [0.5, 0.6) is 5.75 Å². The number of hydrazine groups is 1. The molecule has 0 spiro atoms. The van der Waals surface area contributed by atoms with Crippen LogP contribution in [0.1, 0.15) is 42.1 Å². The highest BCUT2D eigenvalue weighted by atomic mass is 32.1. The van der Waals surface area contributed by atoms with E-state index < -0.39 is 17.8 Å². The molecule has 0 heterocycles. The van der Waals surface area contributed by atoms with E-state index in [-0.39, 0.29) is 18.0 Å². The summed E-state index contributed by atoms with van der Waals surface area (Å²) in [5.41, 5.74) is 6.16. The Bertz CT molecular complexity index is 905. The van der Waals surface area contributed by atoms with Gasteiger partial charge in [-0.2, -0.15) is 0 Å². The number of carbonyl (C=O) groups is 3. The van der Waals surface area contributed by atoms with Crippen molar-refractivity contribution in [3.05, 3.63) is 65.7 Å². The van der Waals surface area contributed by atoms with Crippen molar-refractivity contribution >= 4 is 35.1 Å². The molecule has 2 amide bonds. The fraction of sp³-hybridized carbons (Fsp3) is 0.273. The molecule has 3 N–H and O–H groups in total. The fourth-order valence-electron chi connectivity index (χ4n) is 2.42. The zero-order valence-corrected chi connectivity index (χ0v) is 18.0. The monoisotopic (exact) mass is 443 g/mol. The second-order valence-corrected chi connectivity index (χ2v) is 6.86. The van der Waals surface area contributed by atoms with E-state index in [1.165, 1.54) is 0 Å². The molecule has 0 aromatic heterocycles. The summed E-state index contributed by atoms with van der Waals surface area (Å²) in [5, 5.41) is 2.29. The molecule has 31 heavy (non-hydrogen) atoms. The smallest absolute Gasteiger partial charge is 0.306 e. The predicted molar refractivity (Wildman–Crippen MR) is 119 cm³/mol. The van der Waals surface area contributed by atoms with Crippen LogP contribution in [0.4, 0.5) is 0 Å². The number of amides is 2. The Balaban J connectivity index is 1.79. The van der Waals surface area contributed by atoms with Crippen LogP contribution < -0.4 is 20.9 Å². The van der Waals surface area contributed by atoms with Crippen molar-refractivity contribution in [1.82, 2.24) is 16.2 Å². The van der Waals surface area contributed by atoms with E-state index in [4.69, 9.17) is 21.7 Å². The molecule has 0 saturated carbocycles. The first-order valence-electron chi connectivity index (χ1n) is 9.81. The number of nitrogens with one attached hydrogen (secondary N) is 3. The number of thiocarbonyl (C=S) groups is 1. The highest BCUT2D eigenvalue weighted by molar-refractivity contribution is 7.80. The van der Waals surface area contributed by atoms with Crippen molar-refractivity contribution < 1.29 is 23.9 Å². The van der Waals surface area contributed by atoms with Crippen LogP contribution in [-0.4, -0.2) is 29.5 Å². The van der Waals surface area contributed by atoms with Crippen LogP contribution in [-0.2, 0) is 20.9 Å². The third-order valence-corrected chi connectivity index (χ3v) is 4.14. The van der Waals surface area contributed by atoms with E-state index in [2.05, 4.69) is 16.2 Å². The summed E-state index contributed by atoms with van der Waals surface area (Å²) >= 11 is 4.99. The fourth-order valence-corrected chi connectivity index (χ4v) is 2.59. The highest BCUT2D eigenvalue weighted by Gasteiger charge is 2.14. The molecule has 0 saturated heterocycles. The maximum Gasteiger partial charge on any atom is 0.306 e. The Hall–Kier alpha value is -3.46. The Kier molecular flexibility index (Phi) is 9.96. The third-order valence-electron chi connectivity index (χ3n) is 3.93. The molecule has 0 aliphatic rings. The lowest BCUT2D eigenvalue weighted by molar-refractivity contribution is -0.144. The Morgan fingerprint density at radius 1 is 0.935 bits per heavy atom. The largest absolute Gasteiger partial charge is 0.488 e. The zero-order valence-electron chi connectivity index (χ0n) is 17.2. The molecular weight excluding hydrogens is 418 g/mol. The molecule has 164 valence electrons. The number of ether oxygens (including phenoxy) is 2. The average molecular weight is 444 g/mol. The molecule has 0 aliphatic heterocycles. The van der Waals surface area contributed by atoms with Gasteiger partial charge in [-0.15, -0.1) is 0 Å². The predicted octanol–water partition coefficient (Wildman–Crippen LogP) is 2.63. The van der Waals surface area contributed by atoms with Gasteiger partial charge in [-0.3, -0.25) is 25.2 Å². The van der Waals surface area contributed by atoms with E-state index in [0.29, 0.717) is 30.9 Å². The van der Waals surface area contributed by atoms with Gasteiger partial charge in [0.2, 0.25) is 5.91 Å². The van der Waals surface area contributed by atoms with Crippen molar-refractivity contribution in [3.8, 4) is 5.75 Å². The summed E-state index contributed by atoms with van der Waals surface area (Å²) in [4.78, 5) is 35.8. The summed E-state index contributed by atoms with van der Waals surface area (Å²) in [5.74, 6) is -0.988. The molecule has 2 aromatic carbocycles. The zero-order chi connectivity index (χ0) is 22.5. The van der Waals surface area contributed by atoms with Crippen LogP contribution >= 0.6 is 12.2 Å². The molecule has 0 atom stereocenters. The number of benzene rings is 2. The number of para-hydroxylation sites is 1. The van der Waals surface area contributed by atoms with E-state index in [1.807, 2.05) is 37.3 Å². The number of hydrogen-bond donors (Lipinski definition) is 3. The first-order valence-corrected chi connectivity index (χ1v) is 10.2. The lowest BCUT2D eigenvalue weighted by atomic mass is 10.2.